The van der Waals surface area contributed by atoms with E-state index in [0.717, 1.165) is 10.0 Å². The minimum absolute atomic E-state index is 0.423. The quantitative estimate of drug-likeness (QED) is 0.914. The van der Waals surface area contributed by atoms with Crippen LogP contribution in [0.3, 0.4) is 0 Å². The molecule has 0 aliphatic heterocycles. The van der Waals surface area contributed by atoms with Crippen LogP contribution in [-0.2, 0) is 0 Å². The van der Waals surface area contributed by atoms with Crippen LogP contribution in [0.25, 0.3) is 0 Å². The summed E-state index contributed by atoms with van der Waals surface area (Å²) >= 11 is 3.44. The highest BCUT2D eigenvalue weighted by Gasteiger charge is 2.06. The molecule has 3 nitrogen and oxygen atoms in total. The number of anilines is 1. The maximum atomic E-state index is 5.75. The van der Waals surface area contributed by atoms with Gasteiger partial charge < -0.3 is 10.5 Å². The zero-order chi connectivity index (χ0) is 11.5. The van der Waals surface area contributed by atoms with Crippen LogP contribution in [0, 0.1) is 6.92 Å². The van der Waals surface area contributed by atoms with Crippen LogP contribution < -0.4 is 10.5 Å². The maximum Gasteiger partial charge on any atom is 0.242 e. The topological polar surface area (TPSA) is 48.1 Å². The van der Waals surface area contributed by atoms with Crippen molar-refractivity contribution in [1.29, 1.82) is 0 Å². The van der Waals surface area contributed by atoms with Crippen molar-refractivity contribution >= 4 is 21.6 Å². The van der Waals surface area contributed by atoms with Crippen molar-refractivity contribution in [2.24, 2.45) is 0 Å². The minimum Gasteiger partial charge on any atom is -0.436 e. The Bertz CT molecular complexity index is 514. The fourth-order valence-electron chi connectivity index (χ4n) is 1.28. The molecule has 1 aromatic heterocycles. The molecule has 1 heterocycles. The van der Waals surface area contributed by atoms with E-state index in [0.29, 0.717) is 17.3 Å². The van der Waals surface area contributed by atoms with Crippen LogP contribution in [-0.4, -0.2) is 4.98 Å². The second kappa shape index (κ2) is 4.53. The van der Waals surface area contributed by atoms with Crippen molar-refractivity contribution in [3.63, 3.8) is 0 Å². The summed E-state index contributed by atoms with van der Waals surface area (Å²) in [6.45, 7) is 2.02. The van der Waals surface area contributed by atoms with E-state index in [4.69, 9.17) is 10.5 Å². The lowest BCUT2D eigenvalue weighted by Gasteiger charge is -2.08. The van der Waals surface area contributed by atoms with Gasteiger partial charge >= 0.3 is 0 Å². The Morgan fingerprint density at radius 3 is 2.81 bits per heavy atom. The smallest absolute Gasteiger partial charge is 0.242 e. The van der Waals surface area contributed by atoms with Crippen molar-refractivity contribution in [3.8, 4) is 11.6 Å². The number of aryl methyl sites for hydroxylation is 1. The zero-order valence-corrected chi connectivity index (χ0v) is 10.4. The number of ether oxygens (including phenoxy) is 1. The van der Waals surface area contributed by atoms with Crippen LogP contribution in [0.1, 0.15) is 5.56 Å². The molecule has 2 aromatic rings. The average Bonchev–Trinajstić information content (AvgIpc) is 2.25. The number of halogens is 1. The molecule has 0 aliphatic carbocycles. The Balaban J connectivity index is 2.31. The number of nitrogens with two attached hydrogens (primary N) is 1. The Morgan fingerprint density at radius 2 is 2.12 bits per heavy atom. The van der Waals surface area contributed by atoms with E-state index in [9.17, 15) is 0 Å². The molecular formula is C12H11BrN2O. The summed E-state index contributed by atoms with van der Waals surface area (Å²) in [7, 11) is 0. The summed E-state index contributed by atoms with van der Waals surface area (Å²) in [6.07, 6.45) is 1.65. The SMILES string of the molecule is Cc1ccc(Oc2ncccc2N)c(Br)c1. The van der Waals surface area contributed by atoms with Crippen molar-refractivity contribution in [3.05, 3.63) is 46.6 Å². The molecule has 2 rings (SSSR count). The second-order valence-corrected chi connectivity index (χ2v) is 4.29. The molecule has 0 aliphatic rings. The van der Waals surface area contributed by atoms with E-state index in [1.54, 1.807) is 18.3 Å². The van der Waals surface area contributed by atoms with Gasteiger partial charge in [0.05, 0.1) is 10.2 Å². The predicted molar refractivity (Wildman–Crippen MR) is 67.6 cm³/mol. The van der Waals surface area contributed by atoms with Crippen molar-refractivity contribution in [2.45, 2.75) is 6.92 Å². The lowest BCUT2D eigenvalue weighted by atomic mass is 10.2. The Hall–Kier alpha value is -1.55. The number of nitrogens with zero attached hydrogens (tertiary/aromatic N) is 1. The van der Waals surface area contributed by atoms with Gasteiger partial charge in [0.1, 0.15) is 5.75 Å². The first-order valence-electron chi connectivity index (χ1n) is 4.81. The Morgan fingerprint density at radius 1 is 1.31 bits per heavy atom. The fraction of sp³-hybridized carbons (Fsp3) is 0.0833. The lowest BCUT2D eigenvalue weighted by Crippen LogP contribution is -1.94. The largest absolute Gasteiger partial charge is 0.436 e. The van der Waals surface area contributed by atoms with Crippen molar-refractivity contribution < 1.29 is 4.74 Å². The molecule has 0 atom stereocenters. The van der Waals surface area contributed by atoms with E-state index in [-0.39, 0.29) is 0 Å². The van der Waals surface area contributed by atoms with Crippen LogP contribution in [0.15, 0.2) is 41.0 Å². The summed E-state index contributed by atoms with van der Waals surface area (Å²) in [5, 5.41) is 0. The number of pyridine rings is 1. The molecule has 0 unspecified atom stereocenters. The molecule has 2 N–H and O–H groups in total. The van der Waals surface area contributed by atoms with Gasteiger partial charge in [0, 0.05) is 6.20 Å². The molecule has 0 saturated heterocycles. The monoisotopic (exact) mass is 278 g/mol. The molecule has 0 spiro atoms. The van der Waals surface area contributed by atoms with E-state index < -0.39 is 0 Å². The predicted octanol–water partition coefficient (Wildman–Crippen LogP) is 3.53. The summed E-state index contributed by atoms with van der Waals surface area (Å²) in [5.41, 5.74) is 7.43. The number of nitrogen functional groups attached to an aromatic ring is 1. The summed E-state index contributed by atoms with van der Waals surface area (Å²) < 4.78 is 6.50. The number of hydrogen-bond acceptors (Lipinski definition) is 3. The number of hydrogen-bond donors (Lipinski definition) is 1. The third kappa shape index (κ3) is 2.33. The fourth-order valence-corrected chi connectivity index (χ4v) is 1.86. The normalized spacial score (nSPS) is 10.1. The summed E-state index contributed by atoms with van der Waals surface area (Å²) in [5.74, 6) is 1.13. The van der Waals surface area contributed by atoms with Crippen LogP contribution in [0.2, 0.25) is 0 Å². The first kappa shape index (κ1) is 11.0. The Kier molecular flexibility index (Phi) is 3.10. The van der Waals surface area contributed by atoms with Gasteiger partial charge in [-0.25, -0.2) is 4.98 Å². The highest BCUT2D eigenvalue weighted by atomic mass is 79.9. The van der Waals surface area contributed by atoms with Gasteiger partial charge in [-0.2, -0.15) is 0 Å². The van der Waals surface area contributed by atoms with Crippen LogP contribution in [0.5, 0.6) is 11.6 Å². The first-order chi connectivity index (χ1) is 7.66. The zero-order valence-electron chi connectivity index (χ0n) is 8.77. The van der Waals surface area contributed by atoms with Gasteiger partial charge in [0.25, 0.3) is 0 Å². The van der Waals surface area contributed by atoms with Crippen LogP contribution in [0.4, 0.5) is 5.69 Å². The van der Waals surface area contributed by atoms with E-state index in [2.05, 4.69) is 20.9 Å². The van der Waals surface area contributed by atoms with E-state index >= 15 is 0 Å². The molecule has 0 fully saturated rings. The van der Waals surface area contributed by atoms with E-state index in [1.807, 2.05) is 25.1 Å². The molecule has 0 amide bonds. The second-order valence-electron chi connectivity index (χ2n) is 3.43. The van der Waals surface area contributed by atoms with Crippen molar-refractivity contribution in [1.82, 2.24) is 4.98 Å². The standard InChI is InChI=1S/C12H11BrN2O/c1-8-4-5-11(9(13)7-8)16-12-10(14)3-2-6-15-12/h2-7H,14H2,1H3. The van der Waals surface area contributed by atoms with E-state index in [1.165, 1.54) is 0 Å². The third-order valence-electron chi connectivity index (χ3n) is 2.09. The molecule has 0 bridgehead atoms. The van der Waals surface area contributed by atoms with Gasteiger partial charge in [-0.3, -0.25) is 0 Å². The summed E-state index contributed by atoms with van der Waals surface area (Å²) in [4.78, 5) is 4.07. The Labute approximate surface area is 102 Å². The highest BCUT2D eigenvalue weighted by Crippen LogP contribution is 2.31. The number of benzene rings is 1. The molecule has 1 aromatic carbocycles. The maximum absolute atomic E-state index is 5.75. The van der Waals surface area contributed by atoms with Crippen molar-refractivity contribution in [2.75, 3.05) is 5.73 Å². The molecule has 4 heteroatoms. The highest BCUT2D eigenvalue weighted by molar-refractivity contribution is 9.10. The molecule has 0 radical (unpaired) electrons. The molecule has 0 saturated carbocycles. The van der Waals surface area contributed by atoms with Gasteiger partial charge in [-0.05, 0) is 52.7 Å². The van der Waals surface area contributed by atoms with Gasteiger partial charge in [0.15, 0.2) is 0 Å². The van der Waals surface area contributed by atoms with Gasteiger partial charge in [-0.1, -0.05) is 6.07 Å². The van der Waals surface area contributed by atoms with Crippen LogP contribution >= 0.6 is 15.9 Å². The molecule has 16 heavy (non-hydrogen) atoms. The van der Waals surface area contributed by atoms with Gasteiger partial charge in [0.2, 0.25) is 5.88 Å². The van der Waals surface area contributed by atoms with Gasteiger partial charge in [-0.15, -0.1) is 0 Å². The lowest BCUT2D eigenvalue weighted by molar-refractivity contribution is 0.462. The average molecular weight is 279 g/mol. The third-order valence-corrected chi connectivity index (χ3v) is 2.71. The summed E-state index contributed by atoms with van der Waals surface area (Å²) in [6, 6.07) is 9.36. The number of rotatable bonds is 2. The minimum atomic E-state index is 0.423. The number of aromatic nitrogens is 1. The molecular weight excluding hydrogens is 268 g/mol. The first-order valence-corrected chi connectivity index (χ1v) is 5.60. The molecule has 82 valence electrons.